The molecule has 1 aliphatic heterocycles. The van der Waals surface area contributed by atoms with Crippen LogP contribution in [0.1, 0.15) is 26.2 Å². The Bertz CT molecular complexity index is 149. The smallest absolute Gasteiger partial charge is 0.0432 e. The predicted octanol–water partition coefficient (Wildman–Crippen LogP) is 0.409. The van der Waals surface area contributed by atoms with Gasteiger partial charge in [0.25, 0.3) is 0 Å². The molecule has 1 rings (SSSR count). The van der Waals surface area contributed by atoms with Crippen LogP contribution in [0.4, 0.5) is 0 Å². The Morgan fingerprint density at radius 1 is 1.54 bits per heavy atom. The highest BCUT2D eigenvalue weighted by atomic mass is 15.2. The average Bonchev–Trinajstić information content (AvgIpc) is 2.15. The molecule has 0 radical (unpaired) electrons. The molecule has 0 spiro atoms. The predicted molar refractivity (Wildman–Crippen MR) is 56.8 cm³/mol. The van der Waals surface area contributed by atoms with Gasteiger partial charge in [0.1, 0.15) is 0 Å². The van der Waals surface area contributed by atoms with Crippen LogP contribution < -0.4 is 11.1 Å². The molecular weight excluding hydrogens is 162 g/mol. The molecule has 3 N–H and O–H groups in total. The van der Waals surface area contributed by atoms with E-state index in [4.69, 9.17) is 5.73 Å². The summed E-state index contributed by atoms with van der Waals surface area (Å²) in [4.78, 5) is 2.37. The van der Waals surface area contributed by atoms with Gasteiger partial charge in [-0.3, -0.25) is 0 Å². The van der Waals surface area contributed by atoms with E-state index < -0.39 is 0 Å². The lowest BCUT2D eigenvalue weighted by Gasteiger charge is -2.41. The van der Waals surface area contributed by atoms with Gasteiger partial charge in [-0.25, -0.2) is 0 Å². The van der Waals surface area contributed by atoms with Gasteiger partial charge in [0.05, 0.1) is 0 Å². The lowest BCUT2D eigenvalue weighted by atomic mass is 9.89. The second-order valence-electron chi connectivity index (χ2n) is 4.25. The SMILES string of the molecule is CCCNC1(CN)CCCN(C)C1. The number of likely N-dealkylation sites (tertiary alicyclic amines) is 1. The molecule has 1 atom stereocenters. The second kappa shape index (κ2) is 4.94. The third-order valence-corrected chi connectivity index (χ3v) is 2.91. The standard InChI is InChI=1S/C10H23N3/c1-3-6-12-10(8-11)5-4-7-13(2)9-10/h12H,3-9,11H2,1-2H3. The molecule has 0 aromatic heterocycles. The summed E-state index contributed by atoms with van der Waals surface area (Å²) in [7, 11) is 2.18. The fourth-order valence-corrected chi connectivity index (χ4v) is 2.14. The van der Waals surface area contributed by atoms with Crippen molar-refractivity contribution in [2.45, 2.75) is 31.7 Å². The van der Waals surface area contributed by atoms with E-state index in [2.05, 4.69) is 24.2 Å². The minimum absolute atomic E-state index is 0.197. The molecular formula is C10H23N3. The van der Waals surface area contributed by atoms with Crippen molar-refractivity contribution in [2.75, 3.05) is 33.2 Å². The second-order valence-corrected chi connectivity index (χ2v) is 4.25. The van der Waals surface area contributed by atoms with Crippen LogP contribution in [-0.2, 0) is 0 Å². The van der Waals surface area contributed by atoms with Crippen molar-refractivity contribution in [3.63, 3.8) is 0 Å². The minimum atomic E-state index is 0.197. The first-order valence-electron chi connectivity index (χ1n) is 5.36. The summed E-state index contributed by atoms with van der Waals surface area (Å²) >= 11 is 0. The lowest BCUT2D eigenvalue weighted by molar-refractivity contribution is 0.150. The van der Waals surface area contributed by atoms with Gasteiger partial charge in [-0.2, -0.15) is 0 Å². The van der Waals surface area contributed by atoms with Crippen molar-refractivity contribution < 1.29 is 0 Å². The Labute approximate surface area is 81.7 Å². The molecule has 0 bridgehead atoms. The number of piperidine rings is 1. The fraction of sp³-hybridized carbons (Fsp3) is 1.00. The number of hydrogen-bond donors (Lipinski definition) is 2. The van der Waals surface area contributed by atoms with E-state index in [9.17, 15) is 0 Å². The topological polar surface area (TPSA) is 41.3 Å². The van der Waals surface area contributed by atoms with Gasteiger partial charge in [-0.15, -0.1) is 0 Å². The largest absolute Gasteiger partial charge is 0.329 e. The Kier molecular flexibility index (Phi) is 4.16. The van der Waals surface area contributed by atoms with Gasteiger partial charge in [-0.1, -0.05) is 6.92 Å². The zero-order chi connectivity index (χ0) is 9.73. The molecule has 3 heteroatoms. The molecule has 1 saturated heterocycles. The quantitative estimate of drug-likeness (QED) is 0.666. The fourth-order valence-electron chi connectivity index (χ4n) is 2.14. The van der Waals surface area contributed by atoms with E-state index in [0.717, 1.165) is 19.6 Å². The van der Waals surface area contributed by atoms with Gasteiger partial charge in [0.15, 0.2) is 0 Å². The first-order valence-corrected chi connectivity index (χ1v) is 5.36. The normalized spacial score (nSPS) is 30.7. The molecule has 13 heavy (non-hydrogen) atoms. The lowest BCUT2D eigenvalue weighted by Crippen LogP contribution is -2.60. The Morgan fingerprint density at radius 3 is 2.85 bits per heavy atom. The molecule has 0 amide bonds. The van der Waals surface area contributed by atoms with Crippen LogP contribution in [0.5, 0.6) is 0 Å². The van der Waals surface area contributed by atoms with Gasteiger partial charge in [0.2, 0.25) is 0 Å². The van der Waals surface area contributed by atoms with Crippen LogP contribution >= 0.6 is 0 Å². The summed E-state index contributed by atoms with van der Waals surface area (Å²) in [6.45, 7) is 6.37. The third-order valence-electron chi connectivity index (χ3n) is 2.91. The highest BCUT2D eigenvalue weighted by Gasteiger charge is 2.31. The molecule has 0 aromatic carbocycles. The third kappa shape index (κ3) is 2.93. The van der Waals surface area contributed by atoms with Crippen molar-refractivity contribution in [1.82, 2.24) is 10.2 Å². The molecule has 1 aliphatic rings. The summed E-state index contributed by atoms with van der Waals surface area (Å²) in [6, 6.07) is 0. The van der Waals surface area contributed by atoms with Crippen molar-refractivity contribution in [3.8, 4) is 0 Å². The van der Waals surface area contributed by atoms with Crippen molar-refractivity contribution >= 4 is 0 Å². The van der Waals surface area contributed by atoms with E-state index in [1.165, 1.54) is 25.8 Å². The van der Waals surface area contributed by atoms with Crippen LogP contribution in [0.2, 0.25) is 0 Å². The summed E-state index contributed by atoms with van der Waals surface area (Å²) in [5, 5.41) is 3.60. The molecule has 78 valence electrons. The monoisotopic (exact) mass is 185 g/mol. The molecule has 0 aliphatic carbocycles. The van der Waals surface area contributed by atoms with Gasteiger partial charge >= 0.3 is 0 Å². The number of nitrogens with zero attached hydrogens (tertiary/aromatic N) is 1. The highest BCUT2D eigenvalue weighted by molar-refractivity contribution is 4.94. The van der Waals surface area contributed by atoms with Crippen LogP contribution in [0.15, 0.2) is 0 Å². The number of nitrogens with two attached hydrogens (primary N) is 1. The van der Waals surface area contributed by atoms with Crippen LogP contribution in [0.25, 0.3) is 0 Å². The summed E-state index contributed by atoms with van der Waals surface area (Å²) in [5.41, 5.74) is 6.05. The number of likely N-dealkylation sites (N-methyl/N-ethyl adjacent to an activating group) is 1. The number of nitrogens with one attached hydrogen (secondary N) is 1. The summed E-state index contributed by atoms with van der Waals surface area (Å²) in [6.07, 6.45) is 3.68. The first kappa shape index (κ1) is 11.0. The average molecular weight is 185 g/mol. The molecule has 1 heterocycles. The Hall–Kier alpha value is -0.120. The van der Waals surface area contributed by atoms with E-state index in [1.54, 1.807) is 0 Å². The highest BCUT2D eigenvalue weighted by Crippen LogP contribution is 2.18. The Morgan fingerprint density at radius 2 is 2.31 bits per heavy atom. The van der Waals surface area contributed by atoms with Gasteiger partial charge in [-0.05, 0) is 39.4 Å². The van der Waals surface area contributed by atoms with Crippen LogP contribution in [0.3, 0.4) is 0 Å². The van der Waals surface area contributed by atoms with E-state index in [-0.39, 0.29) is 5.54 Å². The van der Waals surface area contributed by atoms with Crippen LogP contribution in [-0.4, -0.2) is 43.7 Å². The maximum Gasteiger partial charge on any atom is 0.0432 e. The first-order chi connectivity index (χ1) is 6.22. The maximum absolute atomic E-state index is 5.85. The molecule has 1 unspecified atom stereocenters. The minimum Gasteiger partial charge on any atom is -0.329 e. The number of hydrogen-bond acceptors (Lipinski definition) is 3. The van der Waals surface area contributed by atoms with E-state index in [0.29, 0.717) is 0 Å². The Balaban J connectivity index is 2.46. The van der Waals surface area contributed by atoms with Crippen molar-refractivity contribution in [1.29, 1.82) is 0 Å². The zero-order valence-corrected chi connectivity index (χ0v) is 8.97. The number of rotatable bonds is 4. The van der Waals surface area contributed by atoms with Gasteiger partial charge in [0, 0.05) is 18.6 Å². The maximum atomic E-state index is 5.85. The molecule has 3 nitrogen and oxygen atoms in total. The van der Waals surface area contributed by atoms with Crippen molar-refractivity contribution in [3.05, 3.63) is 0 Å². The molecule has 0 saturated carbocycles. The summed E-state index contributed by atoms with van der Waals surface area (Å²) in [5.74, 6) is 0. The van der Waals surface area contributed by atoms with E-state index >= 15 is 0 Å². The summed E-state index contributed by atoms with van der Waals surface area (Å²) < 4.78 is 0. The van der Waals surface area contributed by atoms with E-state index in [1.807, 2.05) is 0 Å². The molecule has 0 aromatic rings. The van der Waals surface area contributed by atoms with Crippen LogP contribution in [0, 0.1) is 0 Å². The van der Waals surface area contributed by atoms with Gasteiger partial charge < -0.3 is 16.0 Å². The zero-order valence-electron chi connectivity index (χ0n) is 8.97. The molecule has 1 fully saturated rings. The van der Waals surface area contributed by atoms with Crippen molar-refractivity contribution in [2.24, 2.45) is 5.73 Å².